The summed E-state index contributed by atoms with van der Waals surface area (Å²) in [4.78, 5) is 36.9. The number of aliphatic hydroxyl groups excluding tert-OH is 1. The van der Waals surface area contributed by atoms with Gasteiger partial charge in [-0.1, -0.05) is 180 Å². The molecule has 0 aromatic rings. The summed E-state index contributed by atoms with van der Waals surface area (Å²) < 4.78 is 5.40. The van der Waals surface area contributed by atoms with Crippen LogP contribution < -0.4 is 5.32 Å². The van der Waals surface area contributed by atoms with Crippen LogP contribution in [0.2, 0.25) is 0 Å². The first-order valence-electron chi connectivity index (χ1n) is 20.2. The maximum absolute atomic E-state index is 12.8. The molecule has 1 aliphatic heterocycles. The average Bonchev–Trinajstić information content (AvgIpc) is 3.05. The van der Waals surface area contributed by atoms with Crippen LogP contribution in [0.15, 0.2) is 12.2 Å². The Kier molecular flexibility index (Phi) is 29.1. The minimum absolute atomic E-state index is 0.0175. The first-order valence-corrected chi connectivity index (χ1v) is 20.2. The van der Waals surface area contributed by atoms with E-state index < -0.39 is 18.1 Å². The summed E-state index contributed by atoms with van der Waals surface area (Å²) >= 11 is 0. The van der Waals surface area contributed by atoms with Gasteiger partial charge in [-0.2, -0.15) is 0 Å². The van der Waals surface area contributed by atoms with Crippen LogP contribution >= 0.6 is 0 Å². The molecule has 0 unspecified atom stereocenters. The van der Waals surface area contributed by atoms with Gasteiger partial charge in [0.2, 0.25) is 5.91 Å². The van der Waals surface area contributed by atoms with E-state index in [1.54, 1.807) is 6.08 Å². The van der Waals surface area contributed by atoms with E-state index in [4.69, 9.17) is 4.74 Å². The number of carbonyl (C=O) groups is 3. The third-order valence-corrected chi connectivity index (χ3v) is 9.76. The SMILES string of the molecule is CC(C)C(=O)CCC(=O)OC[C@@H]1NC(=O)CCCCCCCCCCCCCCCCCCCCCCCCCCCC/C=C/[C@H]1O. The van der Waals surface area contributed by atoms with Crippen molar-refractivity contribution >= 4 is 17.7 Å². The Morgan fingerprint density at radius 2 is 1.04 bits per heavy atom. The van der Waals surface area contributed by atoms with Gasteiger partial charge in [0.25, 0.3) is 0 Å². The first-order chi connectivity index (χ1) is 22.9. The van der Waals surface area contributed by atoms with Gasteiger partial charge in [0.15, 0.2) is 0 Å². The van der Waals surface area contributed by atoms with Gasteiger partial charge in [0, 0.05) is 18.8 Å². The van der Waals surface area contributed by atoms with E-state index in [9.17, 15) is 19.5 Å². The fraction of sp³-hybridized carbons (Fsp3) is 0.878. The second-order valence-electron chi connectivity index (χ2n) is 14.6. The summed E-state index contributed by atoms with van der Waals surface area (Å²) in [5.41, 5.74) is 0. The van der Waals surface area contributed by atoms with Crippen molar-refractivity contribution in [2.45, 2.75) is 219 Å². The zero-order valence-electron chi connectivity index (χ0n) is 30.9. The molecule has 0 saturated carbocycles. The lowest BCUT2D eigenvalue weighted by Crippen LogP contribution is -2.46. The summed E-state index contributed by atoms with van der Waals surface area (Å²) in [6.45, 7) is 3.53. The lowest BCUT2D eigenvalue weighted by molar-refractivity contribution is -0.147. The number of ketones is 1. The number of aliphatic hydroxyl groups is 1. The van der Waals surface area contributed by atoms with Gasteiger partial charge in [0.1, 0.15) is 12.4 Å². The van der Waals surface area contributed by atoms with E-state index in [0.717, 1.165) is 32.1 Å². The predicted octanol–water partition coefficient (Wildman–Crippen LogP) is 10.9. The Labute approximate surface area is 290 Å². The van der Waals surface area contributed by atoms with Crippen LogP contribution in [0.25, 0.3) is 0 Å². The summed E-state index contributed by atoms with van der Waals surface area (Å²) in [6, 6.07) is -0.702. The normalized spacial score (nSPS) is 24.0. The summed E-state index contributed by atoms with van der Waals surface area (Å²) in [5.74, 6) is -0.689. The number of amides is 1. The fourth-order valence-electron chi connectivity index (χ4n) is 6.43. The highest BCUT2D eigenvalue weighted by atomic mass is 16.5. The lowest BCUT2D eigenvalue weighted by atomic mass is 10.0. The molecule has 2 N–H and O–H groups in total. The molecule has 47 heavy (non-hydrogen) atoms. The molecule has 6 nitrogen and oxygen atoms in total. The molecule has 0 aromatic heterocycles. The average molecular weight is 662 g/mol. The summed E-state index contributed by atoms with van der Waals surface area (Å²) in [6.07, 6.45) is 38.2. The van der Waals surface area contributed by atoms with Crippen molar-refractivity contribution in [3.05, 3.63) is 12.2 Å². The smallest absolute Gasteiger partial charge is 0.306 e. The van der Waals surface area contributed by atoms with Crippen LogP contribution in [0.3, 0.4) is 0 Å². The Bertz CT molecular complexity index is 795. The standard InChI is InChI=1S/C41H75NO5/c1-36(2)38(43)33-34-41(46)47-35-37-39(44)31-29-27-25-23-21-19-17-15-13-11-9-7-5-3-4-6-8-10-12-14-16-18-20-22-24-26-28-30-32-40(45)42-37/h29,31,36-37,39,44H,3-28,30,32-35H2,1-2H3,(H,42,45)/b31-29+/t37-,39+/m0/s1. The van der Waals surface area contributed by atoms with Crippen molar-refractivity contribution in [3.63, 3.8) is 0 Å². The van der Waals surface area contributed by atoms with E-state index in [1.165, 1.54) is 141 Å². The second-order valence-corrected chi connectivity index (χ2v) is 14.6. The number of carbonyl (C=O) groups excluding carboxylic acids is 3. The molecule has 0 aliphatic carbocycles. The van der Waals surface area contributed by atoms with Gasteiger partial charge >= 0.3 is 5.97 Å². The maximum atomic E-state index is 12.8. The molecule has 0 saturated heterocycles. The van der Waals surface area contributed by atoms with Crippen LogP contribution in [-0.2, 0) is 19.1 Å². The number of esters is 1. The van der Waals surface area contributed by atoms with Crippen molar-refractivity contribution in [2.24, 2.45) is 5.92 Å². The zero-order valence-corrected chi connectivity index (χ0v) is 30.9. The van der Waals surface area contributed by atoms with E-state index >= 15 is 0 Å². The van der Waals surface area contributed by atoms with Crippen molar-refractivity contribution in [2.75, 3.05) is 6.61 Å². The van der Waals surface area contributed by atoms with Gasteiger partial charge in [-0.25, -0.2) is 0 Å². The highest BCUT2D eigenvalue weighted by Crippen LogP contribution is 2.17. The molecular weight excluding hydrogens is 586 g/mol. The molecule has 1 heterocycles. The van der Waals surface area contributed by atoms with Gasteiger partial charge < -0.3 is 15.2 Å². The number of rotatable bonds is 6. The monoisotopic (exact) mass is 662 g/mol. The molecular formula is C41H75NO5. The van der Waals surface area contributed by atoms with Crippen LogP contribution in [-0.4, -0.2) is 41.5 Å². The minimum atomic E-state index is -0.938. The van der Waals surface area contributed by atoms with Crippen molar-refractivity contribution < 1.29 is 24.2 Å². The minimum Gasteiger partial charge on any atom is -0.463 e. The highest BCUT2D eigenvalue weighted by Gasteiger charge is 2.22. The molecule has 0 spiro atoms. The Hall–Kier alpha value is -1.69. The molecule has 0 aromatic carbocycles. The van der Waals surface area contributed by atoms with Crippen LogP contribution in [0.4, 0.5) is 0 Å². The third kappa shape index (κ3) is 27.9. The highest BCUT2D eigenvalue weighted by molar-refractivity contribution is 5.84. The number of nitrogens with one attached hydrogen (secondary N) is 1. The number of Topliss-reactive ketones (excluding diaryl/α,β-unsaturated/α-hetero) is 1. The largest absolute Gasteiger partial charge is 0.463 e. The quantitative estimate of drug-likeness (QED) is 0.218. The number of allylic oxidation sites excluding steroid dienone is 1. The molecule has 2 atom stereocenters. The van der Waals surface area contributed by atoms with Gasteiger partial charge in [-0.15, -0.1) is 0 Å². The maximum Gasteiger partial charge on any atom is 0.306 e. The molecule has 1 aliphatic rings. The number of hydrogen-bond donors (Lipinski definition) is 2. The second kappa shape index (κ2) is 31.6. The Morgan fingerprint density at radius 3 is 1.45 bits per heavy atom. The third-order valence-electron chi connectivity index (χ3n) is 9.76. The van der Waals surface area contributed by atoms with Gasteiger partial charge in [-0.05, 0) is 19.3 Å². The van der Waals surface area contributed by atoms with E-state index in [1.807, 2.05) is 19.9 Å². The fourth-order valence-corrected chi connectivity index (χ4v) is 6.43. The van der Waals surface area contributed by atoms with Crippen molar-refractivity contribution in [1.29, 1.82) is 0 Å². The van der Waals surface area contributed by atoms with Crippen LogP contribution in [0.1, 0.15) is 206 Å². The molecule has 274 valence electrons. The van der Waals surface area contributed by atoms with Crippen LogP contribution in [0, 0.1) is 5.92 Å². The topological polar surface area (TPSA) is 92.7 Å². The first kappa shape index (κ1) is 43.3. The molecule has 0 bridgehead atoms. The Balaban J connectivity index is 2.51. The summed E-state index contributed by atoms with van der Waals surface area (Å²) in [5, 5.41) is 13.8. The van der Waals surface area contributed by atoms with E-state index in [-0.39, 0.29) is 37.1 Å². The van der Waals surface area contributed by atoms with Crippen LogP contribution in [0.5, 0.6) is 0 Å². The van der Waals surface area contributed by atoms with E-state index in [2.05, 4.69) is 5.32 Å². The predicted molar refractivity (Wildman–Crippen MR) is 196 cm³/mol. The van der Waals surface area contributed by atoms with Gasteiger partial charge in [0.05, 0.1) is 18.6 Å². The van der Waals surface area contributed by atoms with Crippen molar-refractivity contribution in [3.8, 4) is 0 Å². The molecule has 0 radical (unpaired) electrons. The number of ether oxygens (including phenoxy) is 1. The van der Waals surface area contributed by atoms with Crippen molar-refractivity contribution in [1.82, 2.24) is 5.32 Å². The number of hydrogen-bond acceptors (Lipinski definition) is 5. The zero-order chi connectivity index (χ0) is 34.2. The van der Waals surface area contributed by atoms with E-state index in [0.29, 0.717) is 6.42 Å². The molecule has 1 amide bonds. The lowest BCUT2D eigenvalue weighted by Gasteiger charge is -2.22. The Morgan fingerprint density at radius 1 is 0.660 bits per heavy atom. The molecule has 1 rings (SSSR count). The summed E-state index contributed by atoms with van der Waals surface area (Å²) in [7, 11) is 0. The molecule has 6 heteroatoms. The molecule has 0 fully saturated rings. The van der Waals surface area contributed by atoms with Gasteiger partial charge in [-0.3, -0.25) is 14.4 Å².